The lowest BCUT2D eigenvalue weighted by molar-refractivity contribution is -0.140. The van der Waals surface area contributed by atoms with Gasteiger partial charge in [0.2, 0.25) is 0 Å². The maximum Gasteiger partial charge on any atom is 0.434 e. The van der Waals surface area contributed by atoms with Crippen LogP contribution in [0.2, 0.25) is 10.0 Å². The number of halogens is 5. The lowest BCUT2D eigenvalue weighted by Crippen LogP contribution is -2.41. The topological polar surface area (TPSA) is 69.9 Å². The molecule has 1 aromatic heterocycles. The third-order valence-electron chi connectivity index (χ3n) is 5.34. The van der Waals surface area contributed by atoms with E-state index in [-0.39, 0.29) is 21.5 Å². The molecule has 12 heteroatoms. The third kappa shape index (κ3) is 5.46. The minimum atomic E-state index is -4.99. The van der Waals surface area contributed by atoms with Crippen LogP contribution in [0.4, 0.5) is 13.2 Å². The van der Waals surface area contributed by atoms with Crippen molar-refractivity contribution < 1.29 is 27.4 Å². The van der Waals surface area contributed by atoms with Gasteiger partial charge in [-0.05, 0) is 55.8 Å². The predicted octanol–water partition coefficient (Wildman–Crippen LogP) is 5.05. The second-order valence-electron chi connectivity index (χ2n) is 7.73. The number of nitrogens with zero attached hydrogens (tertiary/aromatic N) is 2. The standard InChI is InChI=1S/C25H19Cl2F3N2O4S/c1-3-35-17-10-9-16(27)11-14(17)12-18-22(33)32-20(13-5-7-15(26)8-6-13)19(23(34)36-4-2)21(25(28,29)30)31-24(32)37-18/h5-12,20H,3-4H2,1-2H3/b18-12-/t20-/m1/s1. The Morgan fingerprint density at radius 3 is 2.41 bits per heavy atom. The number of alkyl halides is 3. The Hall–Kier alpha value is -3.08. The highest BCUT2D eigenvalue weighted by atomic mass is 35.5. The summed E-state index contributed by atoms with van der Waals surface area (Å²) in [5.41, 5.74) is -2.16. The SMILES string of the molecule is CCOC(=O)C1=C(C(F)(F)F)N=c2s/c(=C\c3cc(Cl)ccc3OCC)c(=O)n2[C@@H]1c1ccc(Cl)cc1. The van der Waals surface area contributed by atoms with Crippen LogP contribution in [0.5, 0.6) is 5.75 Å². The van der Waals surface area contributed by atoms with Crippen molar-refractivity contribution in [2.24, 2.45) is 4.99 Å². The molecule has 0 unspecified atom stereocenters. The van der Waals surface area contributed by atoms with Crippen molar-refractivity contribution in [3.8, 4) is 5.75 Å². The molecule has 0 amide bonds. The molecule has 0 aliphatic carbocycles. The summed E-state index contributed by atoms with van der Waals surface area (Å²) in [5.74, 6) is -0.781. The number of benzene rings is 2. The van der Waals surface area contributed by atoms with Gasteiger partial charge in [-0.1, -0.05) is 46.7 Å². The van der Waals surface area contributed by atoms with Crippen molar-refractivity contribution in [3.05, 3.63) is 94.6 Å². The zero-order valence-electron chi connectivity index (χ0n) is 19.4. The van der Waals surface area contributed by atoms with E-state index in [1.54, 1.807) is 25.1 Å². The molecule has 1 aliphatic heterocycles. The van der Waals surface area contributed by atoms with Crippen LogP contribution < -0.4 is 19.6 Å². The van der Waals surface area contributed by atoms with E-state index in [1.807, 2.05) is 0 Å². The van der Waals surface area contributed by atoms with Crippen LogP contribution in [-0.2, 0) is 9.53 Å². The molecule has 4 rings (SSSR count). The van der Waals surface area contributed by atoms with Crippen molar-refractivity contribution >= 4 is 46.6 Å². The van der Waals surface area contributed by atoms with Gasteiger partial charge in [0.15, 0.2) is 10.5 Å². The van der Waals surface area contributed by atoms with Crippen LogP contribution in [0.3, 0.4) is 0 Å². The van der Waals surface area contributed by atoms with Crippen LogP contribution in [0.15, 0.2) is 63.5 Å². The Morgan fingerprint density at radius 2 is 1.78 bits per heavy atom. The average molecular weight is 571 g/mol. The van der Waals surface area contributed by atoms with Crippen LogP contribution in [-0.4, -0.2) is 29.9 Å². The second kappa shape index (κ2) is 10.7. The van der Waals surface area contributed by atoms with Crippen molar-refractivity contribution in [1.82, 2.24) is 4.57 Å². The van der Waals surface area contributed by atoms with Gasteiger partial charge in [0.05, 0.1) is 29.4 Å². The first-order valence-electron chi connectivity index (χ1n) is 11.0. The number of aromatic nitrogens is 1. The van der Waals surface area contributed by atoms with Crippen molar-refractivity contribution in [2.75, 3.05) is 13.2 Å². The molecule has 2 aromatic carbocycles. The van der Waals surface area contributed by atoms with E-state index in [2.05, 4.69) is 4.99 Å². The van der Waals surface area contributed by atoms with E-state index in [9.17, 15) is 22.8 Å². The van der Waals surface area contributed by atoms with Crippen LogP contribution >= 0.6 is 34.5 Å². The molecule has 3 aromatic rings. The molecule has 0 bridgehead atoms. The Kier molecular flexibility index (Phi) is 7.82. The summed E-state index contributed by atoms with van der Waals surface area (Å²) in [6, 6.07) is 9.20. The van der Waals surface area contributed by atoms with Gasteiger partial charge in [-0.25, -0.2) is 9.79 Å². The first-order chi connectivity index (χ1) is 17.5. The number of carbonyl (C=O) groups is 1. The highest BCUT2D eigenvalue weighted by Crippen LogP contribution is 2.38. The molecule has 0 saturated heterocycles. The molecule has 0 saturated carbocycles. The van der Waals surface area contributed by atoms with Crippen molar-refractivity contribution in [2.45, 2.75) is 26.1 Å². The predicted molar refractivity (Wildman–Crippen MR) is 135 cm³/mol. The Morgan fingerprint density at radius 1 is 1.11 bits per heavy atom. The summed E-state index contributed by atoms with van der Waals surface area (Å²) in [4.78, 5) is 30.0. The number of rotatable bonds is 6. The highest BCUT2D eigenvalue weighted by Gasteiger charge is 2.45. The van der Waals surface area contributed by atoms with Gasteiger partial charge in [0.25, 0.3) is 5.56 Å². The smallest absolute Gasteiger partial charge is 0.434 e. The zero-order valence-corrected chi connectivity index (χ0v) is 21.8. The third-order valence-corrected chi connectivity index (χ3v) is 6.81. The maximum absolute atomic E-state index is 14.2. The summed E-state index contributed by atoms with van der Waals surface area (Å²) in [6.45, 7) is 3.44. The number of thiazole rings is 1. The minimum absolute atomic E-state index is 0.0765. The fourth-order valence-corrected chi connectivity index (χ4v) is 5.16. The quantitative estimate of drug-likeness (QED) is 0.389. The minimum Gasteiger partial charge on any atom is -0.493 e. The first-order valence-corrected chi connectivity index (χ1v) is 12.6. The number of carbonyl (C=O) groups excluding carboxylic acids is 1. The first kappa shape index (κ1) is 27.0. The van der Waals surface area contributed by atoms with E-state index in [0.29, 0.717) is 28.0 Å². The van der Waals surface area contributed by atoms with Gasteiger partial charge in [-0.15, -0.1) is 0 Å². The van der Waals surface area contributed by atoms with E-state index in [1.165, 1.54) is 37.3 Å². The molecule has 1 aliphatic rings. The van der Waals surface area contributed by atoms with E-state index < -0.39 is 35.0 Å². The fourth-order valence-electron chi connectivity index (χ4n) is 3.86. The lowest BCUT2D eigenvalue weighted by atomic mass is 9.95. The summed E-state index contributed by atoms with van der Waals surface area (Å²) < 4.78 is 54.2. The van der Waals surface area contributed by atoms with Gasteiger partial charge in [-0.2, -0.15) is 13.2 Å². The largest absolute Gasteiger partial charge is 0.493 e. The normalized spacial score (nSPS) is 15.9. The summed E-state index contributed by atoms with van der Waals surface area (Å²) in [5, 5.41) is 0.712. The van der Waals surface area contributed by atoms with Crippen LogP contribution in [0.25, 0.3) is 6.08 Å². The number of allylic oxidation sites excluding steroid dienone is 1. The van der Waals surface area contributed by atoms with Gasteiger partial charge < -0.3 is 9.47 Å². The number of esters is 1. The number of hydrogen-bond acceptors (Lipinski definition) is 6. The Labute approximate surface area is 222 Å². The molecule has 1 atom stereocenters. The average Bonchev–Trinajstić information content (AvgIpc) is 3.15. The van der Waals surface area contributed by atoms with Crippen molar-refractivity contribution in [3.63, 3.8) is 0 Å². The van der Waals surface area contributed by atoms with Crippen molar-refractivity contribution in [1.29, 1.82) is 0 Å². The lowest BCUT2D eigenvalue weighted by Gasteiger charge is -2.26. The van der Waals surface area contributed by atoms with Crippen LogP contribution in [0, 0.1) is 0 Å². The number of hydrogen-bond donors (Lipinski definition) is 0. The summed E-state index contributed by atoms with van der Waals surface area (Å²) in [7, 11) is 0. The second-order valence-corrected chi connectivity index (χ2v) is 9.61. The molecular formula is C25H19Cl2F3N2O4S. The number of ether oxygens (including phenoxy) is 2. The highest BCUT2D eigenvalue weighted by molar-refractivity contribution is 7.07. The van der Waals surface area contributed by atoms with Gasteiger partial charge in [0.1, 0.15) is 5.75 Å². The summed E-state index contributed by atoms with van der Waals surface area (Å²) in [6.07, 6.45) is -3.52. The van der Waals surface area contributed by atoms with Gasteiger partial charge >= 0.3 is 12.1 Å². The monoisotopic (exact) mass is 570 g/mol. The molecule has 194 valence electrons. The van der Waals surface area contributed by atoms with Gasteiger partial charge in [0, 0.05) is 15.6 Å². The maximum atomic E-state index is 14.2. The summed E-state index contributed by atoms with van der Waals surface area (Å²) >= 11 is 12.9. The molecule has 6 nitrogen and oxygen atoms in total. The number of fused-ring (bicyclic) bond motifs is 1. The van der Waals surface area contributed by atoms with E-state index >= 15 is 0 Å². The van der Waals surface area contributed by atoms with Crippen LogP contribution in [0.1, 0.15) is 31.0 Å². The Balaban J connectivity index is 2.05. The zero-order chi connectivity index (χ0) is 26.9. The Bertz CT molecular complexity index is 1560. The molecule has 0 radical (unpaired) electrons. The molecule has 0 spiro atoms. The molecule has 0 N–H and O–H groups in total. The van der Waals surface area contributed by atoms with E-state index in [0.717, 1.165) is 15.9 Å². The fraction of sp³-hybridized carbons (Fsp3) is 0.240. The van der Waals surface area contributed by atoms with Gasteiger partial charge in [-0.3, -0.25) is 9.36 Å². The molecule has 0 fully saturated rings. The molecule has 2 heterocycles. The molecule has 37 heavy (non-hydrogen) atoms. The van der Waals surface area contributed by atoms with E-state index in [4.69, 9.17) is 32.7 Å². The molecular weight excluding hydrogens is 552 g/mol.